The molecule has 2 rings (SSSR count). The topological polar surface area (TPSA) is 70.9 Å². The maximum absolute atomic E-state index is 10.7. The number of carbonyl (C=O) groups is 1. The highest BCUT2D eigenvalue weighted by molar-refractivity contribution is 5.80. The summed E-state index contributed by atoms with van der Waals surface area (Å²) in [4.78, 5) is 10.7. The molecular weight excluding hydrogens is 268 g/mol. The number of nitrogens with one attached hydrogen (secondary N) is 1. The number of carboxylic acids is 1. The normalized spacial score (nSPS) is 12.0. The third-order valence-corrected chi connectivity index (χ3v) is 2.72. The first-order valence-corrected chi connectivity index (χ1v) is 6.49. The highest BCUT2D eigenvalue weighted by Gasteiger charge is 2.11. The van der Waals surface area contributed by atoms with Crippen LogP contribution in [-0.4, -0.2) is 23.4 Å². The molecule has 21 heavy (non-hydrogen) atoms. The lowest BCUT2D eigenvalue weighted by atomic mass is 10.2. The van der Waals surface area contributed by atoms with Crippen LogP contribution in [0.4, 0.5) is 5.69 Å². The highest BCUT2D eigenvalue weighted by Crippen LogP contribution is 2.13. The minimum atomic E-state index is -0.993. The predicted molar refractivity (Wildman–Crippen MR) is 81.8 cm³/mol. The van der Waals surface area contributed by atoms with Gasteiger partial charge in [-0.2, -0.15) is 5.10 Å². The Kier molecular flexibility index (Phi) is 4.93. The summed E-state index contributed by atoms with van der Waals surface area (Å²) in [5.74, 6) is -0.481. The second-order valence-electron chi connectivity index (χ2n) is 4.40. The van der Waals surface area contributed by atoms with Gasteiger partial charge in [0.1, 0.15) is 5.75 Å². The number of ether oxygens (including phenoxy) is 1. The van der Waals surface area contributed by atoms with Gasteiger partial charge in [-0.15, -0.1) is 0 Å². The molecule has 0 radical (unpaired) electrons. The maximum Gasteiger partial charge on any atom is 0.344 e. The average molecular weight is 284 g/mol. The van der Waals surface area contributed by atoms with Crippen LogP contribution < -0.4 is 10.2 Å². The third-order valence-electron chi connectivity index (χ3n) is 2.72. The number of benzene rings is 2. The number of carboxylic acid groups (broad SMARTS) is 1. The van der Waals surface area contributed by atoms with Crippen molar-refractivity contribution in [2.24, 2.45) is 5.10 Å². The quantitative estimate of drug-likeness (QED) is 0.632. The molecule has 1 unspecified atom stereocenters. The number of anilines is 1. The molecule has 0 amide bonds. The average Bonchev–Trinajstić information content (AvgIpc) is 2.50. The molecule has 5 nitrogen and oxygen atoms in total. The van der Waals surface area contributed by atoms with Crippen LogP contribution in [0.3, 0.4) is 0 Å². The first kappa shape index (κ1) is 14.6. The number of rotatable bonds is 6. The second-order valence-corrected chi connectivity index (χ2v) is 4.40. The van der Waals surface area contributed by atoms with Crippen molar-refractivity contribution in [1.29, 1.82) is 0 Å². The van der Waals surface area contributed by atoms with Gasteiger partial charge in [-0.1, -0.05) is 18.2 Å². The SMILES string of the molecule is CC(Oc1ccc(C=NNc2ccccc2)cc1)C(=O)O. The van der Waals surface area contributed by atoms with Crippen molar-refractivity contribution in [1.82, 2.24) is 0 Å². The van der Waals surface area contributed by atoms with Gasteiger partial charge in [0.05, 0.1) is 11.9 Å². The van der Waals surface area contributed by atoms with E-state index >= 15 is 0 Å². The van der Waals surface area contributed by atoms with Crippen molar-refractivity contribution in [3.63, 3.8) is 0 Å². The Morgan fingerprint density at radius 1 is 1.19 bits per heavy atom. The zero-order valence-corrected chi connectivity index (χ0v) is 11.6. The molecule has 0 spiro atoms. The van der Waals surface area contributed by atoms with Crippen molar-refractivity contribution in [3.8, 4) is 5.75 Å². The van der Waals surface area contributed by atoms with Gasteiger partial charge in [0.15, 0.2) is 6.10 Å². The van der Waals surface area contributed by atoms with Crippen LogP contribution in [-0.2, 0) is 4.79 Å². The number of nitrogens with zero attached hydrogens (tertiary/aromatic N) is 1. The molecule has 0 aliphatic heterocycles. The fourth-order valence-electron chi connectivity index (χ4n) is 1.58. The molecule has 0 heterocycles. The van der Waals surface area contributed by atoms with Crippen molar-refractivity contribution in [3.05, 3.63) is 60.2 Å². The smallest absolute Gasteiger partial charge is 0.344 e. The molecule has 0 bridgehead atoms. The Hall–Kier alpha value is -2.82. The number of hydrazone groups is 1. The van der Waals surface area contributed by atoms with Gasteiger partial charge in [-0.3, -0.25) is 5.43 Å². The Labute approximate surface area is 122 Å². The number of hydrogen-bond donors (Lipinski definition) is 2. The number of hydrogen-bond acceptors (Lipinski definition) is 4. The van der Waals surface area contributed by atoms with Crippen molar-refractivity contribution >= 4 is 17.9 Å². The van der Waals surface area contributed by atoms with E-state index in [4.69, 9.17) is 9.84 Å². The van der Waals surface area contributed by atoms with E-state index in [0.717, 1.165) is 11.3 Å². The summed E-state index contributed by atoms with van der Waals surface area (Å²) in [6.07, 6.45) is 0.807. The Bertz CT molecular complexity index is 609. The van der Waals surface area contributed by atoms with Crippen LogP contribution in [0, 0.1) is 0 Å². The van der Waals surface area contributed by atoms with E-state index in [1.165, 1.54) is 6.92 Å². The monoisotopic (exact) mass is 284 g/mol. The third kappa shape index (κ3) is 4.65. The largest absolute Gasteiger partial charge is 0.479 e. The van der Waals surface area contributed by atoms with Crippen LogP contribution in [0.1, 0.15) is 12.5 Å². The van der Waals surface area contributed by atoms with E-state index in [2.05, 4.69) is 10.5 Å². The molecule has 2 N–H and O–H groups in total. The minimum absolute atomic E-state index is 0.512. The lowest BCUT2D eigenvalue weighted by Gasteiger charge is -2.09. The van der Waals surface area contributed by atoms with Gasteiger partial charge in [-0.25, -0.2) is 4.79 Å². The Morgan fingerprint density at radius 2 is 1.86 bits per heavy atom. The fourth-order valence-corrected chi connectivity index (χ4v) is 1.58. The Balaban J connectivity index is 1.91. The van der Waals surface area contributed by atoms with Crippen molar-refractivity contribution < 1.29 is 14.6 Å². The van der Waals surface area contributed by atoms with Crippen molar-refractivity contribution in [2.45, 2.75) is 13.0 Å². The highest BCUT2D eigenvalue weighted by atomic mass is 16.5. The van der Waals surface area contributed by atoms with E-state index in [0.29, 0.717) is 5.75 Å². The minimum Gasteiger partial charge on any atom is -0.479 e. The molecule has 0 fully saturated rings. The standard InChI is InChI=1S/C16H16N2O3/c1-12(16(19)20)21-15-9-7-13(8-10-15)11-17-18-14-5-3-2-4-6-14/h2-12,18H,1H3,(H,19,20). The molecule has 2 aromatic carbocycles. The molecule has 108 valence electrons. The molecule has 2 aromatic rings. The van der Waals surface area contributed by atoms with Gasteiger partial charge in [0, 0.05) is 0 Å². The van der Waals surface area contributed by atoms with Crippen LogP contribution in [0.15, 0.2) is 59.7 Å². The molecule has 0 aliphatic carbocycles. The molecule has 5 heteroatoms. The molecule has 0 saturated heterocycles. The van der Waals surface area contributed by atoms with Crippen LogP contribution >= 0.6 is 0 Å². The molecule has 1 atom stereocenters. The van der Waals surface area contributed by atoms with E-state index in [9.17, 15) is 4.79 Å². The summed E-state index contributed by atoms with van der Waals surface area (Å²) in [6.45, 7) is 1.49. The van der Waals surface area contributed by atoms with Crippen LogP contribution in [0.5, 0.6) is 5.75 Å². The number of para-hydroxylation sites is 1. The van der Waals surface area contributed by atoms with Crippen molar-refractivity contribution in [2.75, 3.05) is 5.43 Å². The first-order valence-electron chi connectivity index (χ1n) is 6.49. The summed E-state index contributed by atoms with van der Waals surface area (Å²) in [5.41, 5.74) is 4.70. The second kappa shape index (κ2) is 7.09. The van der Waals surface area contributed by atoms with Gasteiger partial charge in [-0.05, 0) is 48.9 Å². The molecule has 0 aliphatic rings. The van der Waals surface area contributed by atoms with E-state index < -0.39 is 12.1 Å². The fraction of sp³-hybridized carbons (Fsp3) is 0.125. The summed E-state index contributed by atoms with van der Waals surface area (Å²) < 4.78 is 5.24. The molecule has 0 saturated carbocycles. The van der Waals surface area contributed by atoms with Gasteiger partial charge in [0.2, 0.25) is 0 Å². The summed E-state index contributed by atoms with van der Waals surface area (Å²) in [6, 6.07) is 16.7. The van der Waals surface area contributed by atoms with Gasteiger partial charge >= 0.3 is 5.97 Å². The molecular formula is C16H16N2O3. The van der Waals surface area contributed by atoms with Gasteiger partial charge < -0.3 is 9.84 Å². The van der Waals surface area contributed by atoms with Crippen LogP contribution in [0.2, 0.25) is 0 Å². The zero-order chi connectivity index (χ0) is 15.1. The predicted octanol–water partition coefficient (Wildman–Crippen LogP) is 2.98. The summed E-state index contributed by atoms with van der Waals surface area (Å²) >= 11 is 0. The lowest BCUT2D eigenvalue weighted by molar-refractivity contribution is -0.144. The lowest BCUT2D eigenvalue weighted by Crippen LogP contribution is -2.22. The van der Waals surface area contributed by atoms with Crippen LogP contribution in [0.25, 0.3) is 0 Å². The summed E-state index contributed by atoms with van der Waals surface area (Å²) in [5, 5.41) is 12.9. The maximum atomic E-state index is 10.7. The van der Waals surface area contributed by atoms with E-state index in [1.54, 1.807) is 30.5 Å². The Morgan fingerprint density at radius 3 is 2.48 bits per heavy atom. The summed E-state index contributed by atoms with van der Waals surface area (Å²) in [7, 11) is 0. The first-order chi connectivity index (χ1) is 10.1. The van der Waals surface area contributed by atoms with E-state index in [-0.39, 0.29) is 0 Å². The van der Waals surface area contributed by atoms with Gasteiger partial charge in [0.25, 0.3) is 0 Å². The van der Waals surface area contributed by atoms with E-state index in [1.807, 2.05) is 30.3 Å². The number of aliphatic carboxylic acids is 1. The zero-order valence-electron chi connectivity index (χ0n) is 11.6. The molecule has 0 aromatic heterocycles.